The molecule has 1 aliphatic heterocycles. The van der Waals surface area contributed by atoms with Crippen molar-refractivity contribution in [3.8, 4) is 39.1 Å². The largest absolute Gasteiger partial charge is 0.308 e. The number of hydrogen-bond donors (Lipinski definition) is 0. The van der Waals surface area contributed by atoms with E-state index in [4.69, 9.17) is 0 Å². The molecule has 6 nitrogen and oxygen atoms in total. The Balaban J connectivity index is 1.30. The summed E-state index contributed by atoms with van der Waals surface area (Å²) in [5.41, 5.74) is 9.23. The number of imide groups is 1. The van der Waals surface area contributed by atoms with Crippen LogP contribution in [0.25, 0.3) is 60.9 Å². The normalized spacial score (nSPS) is 12.6. The molecule has 2 aromatic heterocycles. The van der Waals surface area contributed by atoms with Crippen LogP contribution in [0.3, 0.4) is 0 Å². The van der Waals surface area contributed by atoms with E-state index < -0.39 is 0 Å². The fraction of sp³-hybridized carbons (Fsp3) is 0. The Morgan fingerprint density at radius 2 is 1.04 bits per heavy atom. The van der Waals surface area contributed by atoms with Gasteiger partial charge in [-0.3, -0.25) is 9.59 Å². The van der Waals surface area contributed by atoms with Crippen molar-refractivity contribution in [2.24, 2.45) is 0 Å². The van der Waals surface area contributed by atoms with Crippen LogP contribution < -0.4 is 4.90 Å². The second-order valence-electron chi connectivity index (χ2n) is 11.8. The summed E-state index contributed by atoms with van der Waals surface area (Å²) in [6, 6.07) is 45.6. The molecule has 0 aliphatic carbocycles. The Kier molecular flexibility index (Phi) is 6.33. The lowest BCUT2D eigenvalue weighted by molar-refractivity contribution is 0.0926. The second kappa shape index (κ2) is 11.0. The number of rotatable bonds is 5. The Morgan fingerprint density at radius 3 is 1.81 bits per heavy atom. The van der Waals surface area contributed by atoms with E-state index in [-0.39, 0.29) is 11.8 Å². The SMILES string of the molecule is O=C1c2cccc(-n3c4ccccc4c4cccc(-c5cncnc5)c43)c2C(=O)N1c1cccc(-c2ccccc2)c1-c1ccccc1. The molecule has 6 heteroatoms. The fourth-order valence-corrected chi connectivity index (χ4v) is 7.11. The molecular formula is C42H26N4O2. The molecule has 0 saturated carbocycles. The van der Waals surface area contributed by atoms with E-state index in [1.165, 1.54) is 11.2 Å². The van der Waals surface area contributed by atoms with Crippen LogP contribution in [0.15, 0.2) is 158 Å². The zero-order valence-corrected chi connectivity index (χ0v) is 25.6. The molecule has 6 aromatic carbocycles. The van der Waals surface area contributed by atoms with E-state index in [9.17, 15) is 9.59 Å². The maximum absolute atomic E-state index is 14.9. The van der Waals surface area contributed by atoms with Gasteiger partial charge in [-0.05, 0) is 41.0 Å². The van der Waals surface area contributed by atoms with Gasteiger partial charge in [0.05, 0.1) is 33.5 Å². The Morgan fingerprint density at radius 1 is 0.438 bits per heavy atom. The molecule has 8 aromatic rings. The predicted molar refractivity (Wildman–Crippen MR) is 190 cm³/mol. The number of anilines is 1. The van der Waals surface area contributed by atoms with Gasteiger partial charge in [0, 0.05) is 39.9 Å². The number of carbonyl (C=O) groups is 2. The summed E-state index contributed by atoms with van der Waals surface area (Å²) in [5.74, 6) is -0.712. The van der Waals surface area contributed by atoms with Crippen LogP contribution in [-0.4, -0.2) is 26.3 Å². The minimum Gasteiger partial charge on any atom is -0.308 e. The van der Waals surface area contributed by atoms with Gasteiger partial charge >= 0.3 is 0 Å². The van der Waals surface area contributed by atoms with Crippen molar-refractivity contribution in [1.29, 1.82) is 0 Å². The minimum absolute atomic E-state index is 0.350. The quantitative estimate of drug-likeness (QED) is 0.180. The van der Waals surface area contributed by atoms with E-state index >= 15 is 0 Å². The predicted octanol–water partition coefficient (Wildman–Crippen LogP) is 9.38. The van der Waals surface area contributed by atoms with Crippen LogP contribution in [0.5, 0.6) is 0 Å². The maximum atomic E-state index is 14.9. The highest BCUT2D eigenvalue weighted by Gasteiger charge is 2.41. The molecule has 0 saturated heterocycles. The fourth-order valence-electron chi connectivity index (χ4n) is 7.11. The van der Waals surface area contributed by atoms with Crippen molar-refractivity contribution in [3.05, 3.63) is 169 Å². The Bertz CT molecular complexity index is 2540. The molecule has 3 heterocycles. The molecule has 0 N–H and O–H groups in total. The summed E-state index contributed by atoms with van der Waals surface area (Å²) in [4.78, 5) is 39.2. The molecule has 2 amide bonds. The maximum Gasteiger partial charge on any atom is 0.268 e. The molecule has 0 unspecified atom stereocenters. The summed E-state index contributed by atoms with van der Waals surface area (Å²) in [6.45, 7) is 0. The molecule has 9 rings (SSSR count). The monoisotopic (exact) mass is 618 g/mol. The first-order chi connectivity index (χ1) is 23.7. The molecule has 1 aliphatic rings. The van der Waals surface area contributed by atoms with Crippen molar-refractivity contribution in [3.63, 3.8) is 0 Å². The average Bonchev–Trinajstić information content (AvgIpc) is 3.63. The highest BCUT2D eigenvalue weighted by Crippen LogP contribution is 2.44. The van der Waals surface area contributed by atoms with Crippen molar-refractivity contribution >= 4 is 39.3 Å². The highest BCUT2D eigenvalue weighted by atomic mass is 16.2. The van der Waals surface area contributed by atoms with Gasteiger partial charge in [0.15, 0.2) is 0 Å². The lowest BCUT2D eigenvalue weighted by Crippen LogP contribution is -2.30. The summed E-state index contributed by atoms with van der Waals surface area (Å²) < 4.78 is 2.11. The number of para-hydroxylation sites is 2. The van der Waals surface area contributed by atoms with Crippen molar-refractivity contribution in [1.82, 2.24) is 14.5 Å². The molecule has 226 valence electrons. The third kappa shape index (κ3) is 4.13. The van der Waals surface area contributed by atoms with Gasteiger partial charge in [0.1, 0.15) is 6.33 Å². The van der Waals surface area contributed by atoms with Gasteiger partial charge in [-0.2, -0.15) is 0 Å². The van der Waals surface area contributed by atoms with Crippen LogP contribution in [0, 0.1) is 0 Å². The number of carbonyl (C=O) groups excluding carboxylic acids is 2. The van der Waals surface area contributed by atoms with Crippen molar-refractivity contribution in [2.75, 3.05) is 4.90 Å². The first kappa shape index (κ1) is 27.6. The zero-order chi connectivity index (χ0) is 32.2. The zero-order valence-electron chi connectivity index (χ0n) is 25.6. The first-order valence-corrected chi connectivity index (χ1v) is 15.7. The standard InChI is InChI=1S/C42H26N4O2/c47-41-34-20-11-23-37(45-35-21-8-7-16-32(35)33-19-9-18-31(40(33)45)29-24-43-26-44-25-29)39(34)42(48)46(41)36-22-10-17-30(27-12-3-1-4-13-27)38(36)28-14-5-2-6-15-28/h1-26H. The van der Waals surface area contributed by atoms with E-state index in [2.05, 4.69) is 32.7 Å². The number of amides is 2. The number of benzene rings is 6. The number of hydrogen-bond acceptors (Lipinski definition) is 4. The molecule has 0 fully saturated rings. The van der Waals surface area contributed by atoms with Crippen LogP contribution in [0.1, 0.15) is 20.7 Å². The molecule has 48 heavy (non-hydrogen) atoms. The number of fused-ring (bicyclic) bond motifs is 4. The Hall–Kier alpha value is -6.66. The third-order valence-corrected chi connectivity index (χ3v) is 9.13. The summed E-state index contributed by atoms with van der Waals surface area (Å²) >= 11 is 0. The molecule has 0 atom stereocenters. The van der Waals surface area contributed by atoms with Crippen LogP contribution >= 0.6 is 0 Å². The minimum atomic E-state index is -0.362. The lowest BCUT2D eigenvalue weighted by Gasteiger charge is -2.22. The lowest BCUT2D eigenvalue weighted by atomic mass is 9.92. The van der Waals surface area contributed by atoms with Crippen molar-refractivity contribution < 1.29 is 9.59 Å². The van der Waals surface area contributed by atoms with Gasteiger partial charge in [-0.25, -0.2) is 14.9 Å². The van der Waals surface area contributed by atoms with Crippen LogP contribution in [-0.2, 0) is 0 Å². The van der Waals surface area contributed by atoms with E-state index in [1.807, 2.05) is 115 Å². The number of aromatic nitrogens is 3. The van der Waals surface area contributed by atoms with E-state index in [1.54, 1.807) is 18.5 Å². The second-order valence-corrected chi connectivity index (χ2v) is 11.8. The van der Waals surface area contributed by atoms with Gasteiger partial charge in [0.25, 0.3) is 11.8 Å². The molecule has 0 radical (unpaired) electrons. The summed E-state index contributed by atoms with van der Waals surface area (Å²) in [5, 5.41) is 2.07. The molecule has 0 spiro atoms. The van der Waals surface area contributed by atoms with Gasteiger partial charge < -0.3 is 4.57 Å². The van der Waals surface area contributed by atoms with Crippen molar-refractivity contribution in [2.45, 2.75) is 0 Å². The van der Waals surface area contributed by atoms with Gasteiger partial charge in [0.2, 0.25) is 0 Å². The van der Waals surface area contributed by atoms with Crippen LogP contribution in [0.4, 0.5) is 5.69 Å². The van der Waals surface area contributed by atoms with E-state index in [0.29, 0.717) is 22.5 Å². The molecule has 0 bridgehead atoms. The highest BCUT2D eigenvalue weighted by molar-refractivity contribution is 6.37. The van der Waals surface area contributed by atoms with Gasteiger partial charge in [-0.15, -0.1) is 0 Å². The summed E-state index contributed by atoms with van der Waals surface area (Å²) in [7, 11) is 0. The van der Waals surface area contributed by atoms with Crippen LogP contribution in [0.2, 0.25) is 0 Å². The van der Waals surface area contributed by atoms with E-state index in [0.717, 1.165) is 55.2 Å². The van der Waals surface area contributed by atoms with Gasteiger partial charge in [-0.1, -0.05) is 115 Å². The Labute approximate surface area is 276 Å². The first-order valence-electron chi connectivity index (χ1n) is 15.7. The topological polar surface area (TPSA) is 68.1 Å². The molecular weight excluding hydrogens is 592 g/mol. The smallest absolute Gasteiger partial charge is 0.268 e. The summed E-state index contributed by atoms with van der Waals surface area (Å²) in [6.07, 6.45) is 5.10. The number of nitrogens with zero attached hydrogens (tertiary/aromatic N) is 4. The average molecular weight is 619 g/mol. The third-order valence-electron chi connectivity index (χ3n) is 9.13.